The van der Waals surface area contributed by atoms with Gasteiger partial charge < -0.3 is 9.32 Å². The van der Waals surface area contributed by atoms with Crippen molar-refractivity contribution < 1.29 is 4.42 Å². The van der Waals surface area contributed by atoms with Gasteiger partial charge in [-0.15, -0.1) is 11.3 Å². The molecule has 0 atom stereocenters. The van der Waals surface area contributed by atoms with Gasteiger partial charge in [-0.25, -0.2) is 4.98 Å². The number of thiophene rings is 1. The molecule has 2 heterocycles. The number of aromatic nitrogens is 1. The molecule has 12 aromatic rings. The van der Waals surface area contributed by atoms with Crippen LogP contribution in [0.25, 0.3) is 98.0 Å². The summed E-state index contributed by atoms with van der Waals surface area (Å²) >= 11 is 1.85. The molecule has 0 N–H and O–H groups in total. The minimum Gasteiger partial charge on any atom is -0.436 e. The van der Waals surface area contributed by atoms with Crippen LogP contribution in [0.4, 0.5) is 17.1 Å². The highest BCUT2D eigenvalue weighted by atomic mass is 32.1. The summed E-state index contributed by atoms with van der Waals surface area (Å²) in [5.74, 6) is 0.619. The van der Waals surface area contributed by atoms with Gasteiger partial charge in [-0.2, -0.15) is 0 Å². The molecule has 0 saturated heterocycles. The zero-order valence-corrected chi connectivity index (χ0v) is 35.0. The maximum atomic E-state index is 6.38. The predicted octanol–water partition coefficient (Wildman–Crippen LogP) is 17.2. The number of benzene rings is 10. The van der Waals surface area contributed by atoms with Crippen LogP contribution in [0.3, 0.4) is 0 Å². The third-order valence-electron chi connectivity index (χ3n) is 12.1. The van der Waals surface area contributed by atoms with E-state index in [1.165, 1.54) is 36.9 Å². The molecular weight excluding hydrogens is 785 g/mol. The number of anilines is 3. The summed E-state index contributed by atoms with van der Waals surface area (Å²) in [5.41, 5.74) is 15.2. The van der Waals surface area contributed by atoms with E-state index in [9.17, 15) is 0 Å². The van der Waals surface area contributed by atoms with E-state index in [-0.39, 0.29) is 0 Å². The van der Waals surface area contributed by atoms with E-state index < -0.39 is 0 Å². The third-order valence-corrected chi connectivity index (χ3v) is 13.2. The quantitative estimate of drug-likeness (QED) is 0.153. The summed E-state index contributed by atoms with van der Waals surface area (Å²) in [6.45, 7) is 0. The van der Waals surface area contributed by atoms with E-state index in [4.69, 9.17) is 9.40 Å². The number of oxazole rings is 1. The number of hydrogen-bond acceptors (Lipinski definition) is 4. The molecule has 0 spiro atoms. The van der Waals surface area contributed by atoms with Gasteiger partial charge in [-0.3, -0.25) is 0 Å². The maximum Gasteiger partial charge on any atom is 0.227 e. The van der Waals surface area contributed by atoms with Gasteiger partial charge in [-0.05, 0) is 123 Å². The lowest BCUT2D eigenvalue weighted by molar-refractivity contribution is 0.620. The molecule has 12 rings (SSSR count). The highest BCUT2D eigenvalue weighted by Crippen LogP contribution is 2.46. The van der Waals surface area contributed by atoms with E-state index >= 15 is 0 Å². The Balaban J connectivity index is 0.939. The van der Waals surface area contributed by atoms with E-state index in [2.05, 4.69) is 229 Å². The van der Waals surface area contributed by atoms with Crippen LogP contribution in [0.2, 0.25) is 0 Å². The van der Waals surface area contributed by atoms with Crippen LogP contribution in [-0.2, 0) is 0 Å². The van der Waals surface area contributed by atoms with Crippen LogP contribution in [0.15, 0.2) is 235 Å². The van der Waals surface area contributed by atoms with Crippen molar-refractivity contribution in [3.63, 3.8) is 0 Å². The smallest absolute Gasteiger partial charge is 0.227 e. The van der Waals surface area contributed by atoms with Gasteiger partial charge in [0.15, 0.2) is 5.58 Å². The van der Waals surface area contributed by atoms with Gasteiger partial charge in [0.05, 0.1) is 5.69 Å². The molecular formula is C59H38N2OS. The lowest BCUT2D eigenvalue weighted by atomic mass is 9.94. The van der Waals surface area contributed by atoms with Gasteiger partial charge in [0.1, 0.15) is 5.52 Å². The Labute approximate surface area is 369 Å². The van der Waals surface area contributed by atoms with Gasteiger partial charge in [0, 0.05) is 42.5 Å². The Bertz CT molecular complexity index is 3630. The van der Waals surface area contributed by atoms with Crippen LogP contribution in [0, 0.1) is 0 Å². The van der Waals surface area contributed by atoms with Crippen molar-refractivity contribution in [3.8, 4) is 56.0 Å². The zero-order valence-electron chi connectivity index (χ0n) is 34.2. The number of rotatable bonds is 8. The van der Waals surface area contributed by atoms with Gasteiger partial charge in [0.25, 0.3) is 0 Å². The van der Waals surface area contributed by atoms with Crippen LogP contribution in [0.5, 0.6) is 0 Å². The predicted molar refractivity (Wildman–Crippen MR) is 266 cm³/mol. The highest BCUT2D eigenvalue weighted by Gasteiger charge is 2.20. The summed E-state index contributed by atoms with van der Waals surface area (Å²) in [4.78, 5) is 7.51. The molecule has 0 amide bonds. The average Bonchev–Trinajstić information content (AvgIpc) is 3.98. The van der Waals surface area contributed by atoms with Crippen molar-refractivity contribution in [3.05, 3.63) is 231 Å². The second kappa shape index (κ2) is 15.4. The number of fused-ring (bicyclic) bond motifs is 6. The Morgan fingerprint density at radius 2 is 0.905 bits per heavy atom. The molecule has 2 aromatic heterocycles. The lowest BCUT2D eigenvalue weighted by Crippen LogP contribution is -2.10. The first kappa shape index (κ1) is 36.8. The molecule has 10 aromatic carbocycles. The van der Waals surface area contributed by atoms with E-state index in [1.807, 2.05) is 17.4 Å². The third kappa shape index (κ3) is 6.65. The summed E-state index contributed by atoms with van der Waals surface area (Å²) in [7, 11) is 0. The molecule has 0 fully saturated rings. The van der Waals surface area contributed by atoms with Crippen molar-refractivity contribution in [2.75, 3.05) is 4.90 Å². The van der Waals surface area contributed by atoms with Gasteiger partial charge in [-0.1, -0.05) is 158 Å². The molecule has 0 unspecified atom stereocenters. The topological polar surface area (TPSA) is 29.3 Å². The second-order valence-electron chi connectivity index (χ2n) is 15.9. The molecule has 0 aliphatic rings. The van der Waals surface area contributed by atoms with Crippen molar-refractivity contribution in [2.45, 2.75) is 0 Å². The molecule has 63 heavy (non-hydrogen) atoms. The molecule has 0 saturated carbocycles. The minimum absolute atomic E-state index is 0.619. The summed E-state index contributed by atoms with van der Waals surface area (Å²) in [6.07, 6.45) is 0. The number of nitrogens with zero attached hydrogens (tertiary/aromatic N) is 2. The van der Waals surface area contributed by atoms with Crippen LogP contribution >= 0.6 is 11.3 Å². The van der Waals surface area contributed by atoms with Gasteiger partial charge in [0.2, 0.25) is 5.89 Å². The Morgan fingerprint density at radius 1 is 0.365 bits per heavy atom. The Kier molecular flexibility index (Phi) is 9.02. The molecule has 4 heteroatoms. The summed E-state index contributed by atoms with van der Waals surface area (Å²) < 4.78 is 8.94. The summed E-state index contributed by atoms with van der Waals surface area (Å²) in [5, 5.41) is 4.74. The van der Waals surface area contributed by atoms with Crippen molar-refractivity contribution in [1.29, 1.82) is 0 Å². The molecule has 0 aliphatic heterocycles. The molecule has 0 bridgehead atoms. The van der Waals surface area contributed by atoms with E-state index in [0.29, 0.717) is 5.89 Å². The first-order chi connectivity index (χ1) is 31.2. The van der Waals surface area contributed by atoms with Gasteiger partial charge >= 0.3 is 0 Å². The maximum absolute atomic E-state index is 6.38. The molecule has 0 radical (unpaired) electrons. The number of hydrogen-bond donors (Lipinski definition) is 0. The standard InChI is InChI=1S/C59H38N2OS/c1-3-14-39(15-4-1)41-30-32-42(33-31-41)59-60-58-51-26-12-25-49(50(51)34-35-54(58)62-59)46-21-9-18-43(36-46)45-20-11-23-48(38-45)61(47-22-10-19-44(37-47)40-16-5-2-6-17-40)53-27-13-29-56-57(53)52-24-7-8-28-55(52)63-56/h1-38H. The Morgan fingerprint density at radius 3 is 1.67 bits per heavy atom. The first-order valence-electron chi connectivity index (χ1n) is 21.3. The van der Waals surface area contributed by atoms with Crippen molar-refractivity contribution >= 4 is 70.4 Å². The average molecular weight is 823 g/mol. The monoisotopic (exact) mass is 822 g/mol. The fourth-order valence-electron chi connectivity index (χ4n) is 9.07. The minimum atomic E-state index is 0.619. The zero-order chi connectivity index (χ0) is 41.7. The van der Waals surface area contributed by atoms with Crippen molar-refractivity contribution in [2.24, 2.45) is 0 Å². The fourth-order valence-corrected chi connectivity index (χ4v) is 10.2. The molecule has 0 aliphatic carbocycles. The van der Waals surface area contributed by atoms with E-state index in [1.54, 1.807) is 0 Å². The lowest BCUT2D eigenvalue weighted by Gasteiger charge is -2.27. The molecule has 3 nitrogen and oxygen atoms in total. The van der Waals surface area contributed by atoms with E-state index in [0.717, 1.165) is 72.3 Å². The first-order valence-corrected chi connectivity index (χ1v) is 22.1. The summed E-state index contributed by atoms with van der Waals surface area (Å²) in [6, 6.07) is 82.4. The van der Waals surface area contributed by atoms with Crippen LogP contribution in [-0.4, -0.2) is 4.98 Å². The normalized spacial score (nSPS) is 11.5. The highest BCUT2D eigenvalue weighted by molar-refractivity contribution is 7.26. The van der Waals surface area contributed by atoms with Crippen molar-refractivity contribution in [1.82, 2.24) is 4.98 Å². The van der Waals surface area contributed by atoms with Crippen LogP contribution in [0.1, 0.15) is 0 Å². The fraction of sp³-hybridized carbons (Fsp3) is 0. The largest absolute Gasteiger partial charge is 0.436 e. The SMILES string of the molecule is c1ccc(-c2ccc(-c3nc4c(ccc5c(-c6cccc(-c7cccc(N(c8cccc(-c9ccccc9)c8)c8cccc9sc%10ccccc%10c89)c7)c6)cccc54)o3)cc2)cc1. The second-order valence-corrected chi connectivity index (χ2v) is 17.0. The molecule has 296 valence electrons. The van der Waals surface area contributed by atoms with Crippen LogP contribution < -0.4 is 4.90 Å². The Hall–Kier alpha value is -8.05.